The molecule has 0 radical (unpaired) electrons. The van der Waals surface area contributed by atoms with Crippen LogP contribution in [0.1, 0.15) is 46.0 Å². The summed E-state index contributed by atoms with van der Waals surface area (Å²) >= 11 is 0. The Kier molecular flexibility index (Phi) is 8.78. The van der Waals surface area contributed by atoms with Crippen molar-refractivity contribution in [2.24, 2.45) is 17.3 Å². The van der Waals surface area contributed by atoms with E-state index in [-0.39, 0.29) is 30.1 Å². The van der Waals surface area contributed by atoms with Crippen LogP contribution in [0.15, 0.2) is 0 Å². The third kappa shape index (κ3) is 7.52. The molecule has 14 nitrogen and oxygen atoms in total. The van der Waals surface area contributed by atoms with Crippen LogP contribution in [0.2, 0.25) is 0 Å². The van der Waals surface area contributed by atoms with Gasteiger partial charge in [0.25, 0.3) is 10.1 Å². The molecule has 3 rings (SSSR count). The molecule has 212 valence electrons. The molecule has 2 aliphatic heterocycles. The van der Waals surface area contributed by atoms with Crippen molar-refractivity contribution in [3.8, 4) is 0 Å². The van der Waals surface area contributed by atoms with Gasteiger partial charge in [0.05, 0.1) is 12.3 Å². The standard InChI is InChI=1S/C21H36N4O10S2/c1-12(2)6-15(24-20(29)35-14-8-21(9-14)10-25(11-21)36(3,30)31)18(27)23-16(19(28)37(32,33)34)7-13-4-5-22-17(13)26/h12-16,19,28H,4-11H2,1-3H3,(H,22,26)(H,23,27)(H,24,29)(H,32,33,34)/t13-,15-,16-,19+/m0/s1. The number of nitrogens with one attached hydrogen (secondary N) is 3. The number of carbonyl (C=O) groups is 3. The molecule has 2 saturated heterocycles. The molecule has 1 saturated carbocycles. The van der Waals surface area contributed by atoms with E-state index in [1.807, 2.05) is 0 Å². The molecule has 4 atom stereocenters. The Bertz CT molecular complexity index is 1100. The minimum absolute atomic E-state index is 0.0643. The number of amides is 3. The summed E-state index contributed by atoms with van der Waals surface area (Å²) in [6.07, 6.45) is 1.15. The Morgan fingerprint density at radius 2 is 1.81 bits per heavy atom. The van der Waals surface area contributed by atoms with E-state index < -0.39 is 61.7 Å². The van der Waals surface area contributed by atoms with E-state index in [1.165, 1.54) is 4.31 Å². The van der Waals surface area contributed by atoms with Gasteiger partial charge in [0.2, 0.25) is 27.3 Å². The lowest BCUT2D eigenvalue weighted by Crippen LogP contribution is -2.65. The summed E-state index contributed by atoms with van der Waals surface area (Å²) in [6.45, 7) is 4.73. The molecule has 0 bridgehead atoms. The number of nitrogens with zero attached hydrogens (tertiary/aromatic N) is 1. The van der Waals surface area contributed by atoms with Crippen LogP contribution >= 0.6 is 0 Å². The second kappa shape index (κ2) is 11.0. The number of aliphatic hydroxyl groups excluding tert-OH is 1. The summed E-state index contributed by atoms with van der Waals surface area (Å²) in [7, 11) is -8.21. The SMILES string of the molecule is CC(C)C[C@H](NC(=O)OC1CC2(C1)CN(S(C)(=O)=O)C2)C(=O)N[C@@H](C[C@@H]1CCNC1=O)[C@H](O)S(=O)(=O)O. The molecular weight excluding hydrogens is 532 g/mol. The predicted octanol–water partition coefficient (Wildman–Crippen LogP) is -1.23. The second-order valence-corrected chi connectivity index (χ2v) is 14.3. The number of carbonyl (C=O) groups excluding carboxylic acids is 3. The highest BCUT2D eigenvalue weighted by atomic mass is 32.2. The maximum absolute atomic E-state index is 13.0. The lowest BCUT2D eigenvalue weighted by molar-refractivity contribution is -0.127. The highest BCUT2D eigenvalue weighted by Crippen LogP contribution is 2.50. The molecule has 3 fully saturated rings. The van der Waals surface area contributed by atoms with Gasteiger partial charge in [-0.2, -0.15) is 8.42 Å². The number of alkyl carbamates (subject to hydrolysis) is 1. The van der Waals surface area contributed by atoms with E-state index in [1.54, 1.807) is 13.8 Å². The lowest BCUT2D eigenvalue weighted by Gasteiger charge is -2.57. The van der Waals surface area contributed by atoms with Crippen LogP contribution in [0.5, 0.6) is 0 Å². The largest absolute Gasteiger partial charge is 0.446 e. The van der Waals surface area contributed by atoms with Gasteiger partial charge < -0.3 is 25.8 Å². The van der Waals surface area contributed by atoms with Gasteiger partial charge in [-0.15, -0.1) is 0 Å². The smallest absolute Gasteiger partial charge is 0.408 e. The van der Waals surface area contributed by atoms with Crippen LogP contribution in [0.3, 0.4) is 0 Å². The van der Waals surface area contributed by atoms with Gasteiger partial charge in [-0.05, 0) is 38.0 Å². The van der Waals surface area contributed by atoms with Crippen LogP contribution < -0.4 is 16.0 Å². The molecule has 0 aromatic carbocycles. The van der Waals surface area contributed by atoms with E-state index in [0.717, 1.165) is 6.26 Å². The fraction of sp³-hybridized carbons (Fsp3) is 0.857. The van der Waals surface area contributed by atoms with Gasteiger partial charge in [0.15, 0.2) is 0 Å². The minimum atomic E-state index is -4.96. The molecule has 0 unspecified atom stereocenters. The first kappa shape index (κ1) is 29.5. The van der Waals surface area contributed by atoms with E-state index in [9.17, 15) is 40.9 Å². The average molecular weight is 569 g/mol. The van der Waals surface area contributed by atoms with Crippen molar-refractivity contribution in [3.63, 3.8) is 0 Å². The molecule has 1 spiro atoms. The number of sulfonamides is 1. The van der Waals surface area contributed by atoms with Crippen molar-refractivity contribution in [2.45, 2.75) is 69.6 Å². The van der Waals surface area contributed by atoms with Gasteiger partial charge in [-0.3, -0.25) is 14.1 Å². The van der Waals surface area contributed by atoms with Crippen LogP contribution in [0.25, 0.3) is 0 Å². The summed E-state index contributed by atoms with van der Waals surface area (Å²) < 4.78 is 62.4. The van der Waals surface area contributed by atoms with Crippen LogP contribution in [0.4, 0.5) is 4.79 Å². The molecular formula is C21H36N4O10S2. The maximum Gasteiger partial charge on any atom is 0.408 e. The van der Waals surface area contributed by atoms with Gasteiger partial charge >= 0.3 is 6.09 Å². The minimum Gasteiger partial charge on any atom is -0.446 e. The van der Waals surface area contributed by atoms with Crippen molar-refractivity contribution < 1.29 is 45.6 Å². The summed E-state index contributed by atoms with van der Waals surface area (Å²) in [5.41, 5.74) is -2.56. The first-order valence-corrected chi connectivity index (χ1v) is 15.5. The van der Waals surface area contributed by atoms with Crippen LogP contribution in [0, 0.1) is 17.3 Å². The quantitative estimate of drug-likeness (QED) is 0.187. The molecule has 5 N–H and O–H groups in total. The van der Waals surface area contributed by atoms with Crippen LogP contribution in [-0.2, 0) is 34.5 Å². The Hall–Kier alpha value is -2.01. The van der Waals surface area contributed by atoms with Gasteiger partial charge in [0, 0.05) is 31.0 Å². The third-order valence-electron chi connectivity index (χ3n) is 7.08. The lowest BCUT2D eigenvalue weighted by atomic mass is 9.63. The zero-order chi connectivity index (χ0) is 27.8. The highest BCUT2D eigenvalue weighted by Gasteiger charge is 2.56. The topological polar surface area (TPSA) is 209 Å². The summed E-state index contributed by atoms with van der Waals surface area (Å²) in [4.78, 5) is 37.5. The zero-order valence-corrected chi connectivity index (χ0v) is 22.7. The molecule has 37 heavy (non-hydrogen) atoms. The molecule has 1 aliphatic carbocycles. The van der Waals surface area contributed by atoms with E-state index in [0.29, 0.717) is 38.9 Å². The van der Waals surface area contributed by atoms with Gasteiger partial charge in [-0.25, -0.2) is 17.5 Å². The van der Waals surface area contributed by atoms with Crippen molar-refractivity contribution in [1.82, 2.24) is 20.3 Å². The van der Waals surface area contributed by atoms with Crippen molar-refractivity contribution >= 4 is 38.0 Å². The van der Waals surface area contributed by atoms with Crippen molar-refractivity contribution in [3.05, 3.63) is 0 Å². The van der Waals surface area contributed by atoms with Crippen molar-refractivity contribution in [2.75, 3.05) is 25.9 Å². The normalized spacial score (nSPS) is 24.5. The monoisotopic (exact) mass is 568 g/mol. The molecule has 3 amide bonds. The molecule has 0 aromatic heterocycles. The molecule has 3 aliphatic rings. The Morgan fingerprint density at radius 3 is 2.30 bits per heavy atom. The first-order valence-electron chi connectivity index (χ1n) is 12.1. The van der Waals surface area contributed by atoms with E-state index >= 15 is 0 Å². The summed E-state index contributed by atoms with van der Waals surface area (Å²) in [6, 6.07) is -2.63. The van der Waals surface area contributed by atoms with E-state index in [2.05, 4.69) is 16.0 Å². The first-order chi connectivity index (χ1) is 17.0. The van der Waals surface area contributed by atoms with Crippen molar-refractivity contribution in [1.29, 1.82) is 0 Å². The molecule has 16 heteroatoms. The number of rotatable bonds is 11. The Balaban J connectivity index is 1.58. The fourth-order valence-corrected chi connectivity index (χ4v) is 6.74. The van der Waals surface area contributed by atoms with Crippen LogP contribution in [-0.4, -0.2) is 98.2 Å². The summed E-state index contributed by atoms with van der Waals surface area (Å²) in [5.74, 6) is -1.89. The van der Waals surface area contributed by atoms with E-state index in [4.69, 9.17) is 4.74 Å². The highest BCUT2D eigenvalue weighted by molar-refractivity contribution is 7.88. The number of hydrogen-bond donors (Lipinski definition) is 5. The van der Waals surface area contributed by atoms with Gasteiger partial charge in [-0.1, -0.05) is 13.8 Å². The third-order valence-corrected chi connectivity index (χ3v) is 9.22. The Labute approximate surface area is 216 Å². The fourth-order valence-electron chi connectivity index (χ4n) is 5.13. The molecule has 0 aromatic rings. The van der Waals surface area contributed by atoms with Gasteiger partial charge in [0.1, 0.15) is 12.1 Å². The number of hydrogen-bond acceptors (Lipinski definition) is 9. The Morgan fingerprint density at radius 1 is 1.19 bits per heavy atom. The predicted molar refractivity (Wildman–Crippen MR) is 130 cm³/mol. The maximum atomic E-state index is 13.0. The number of aliphatic hydroxyl groups is 1. The molecule has 2 heterocycles. The zero-order valence-electron chi connectivity index (χ0n) is 21.0. The average Bonchev–Trinajstić information content (AvgIpc) is 3.09. The second-order valence-electron chi connectivity index (χ2n) is 10.8. The number of ether oxygens (including phenoxy) is 1. The summed E-state index contributed by atoms with van der Waals surface area (Å²) in [5, 5.41) is 17.6.